The summed E-state index contributed by atoms with van der Waals surface area (Å²) in [7, 11) is 0. The summed E-state index contributed by atoms with van der Waals surface area (Å²) >= 11 is 12.2. The zero-order valence-electron chi connectivity index (χ0n) is 18.5. The van der Waals surface area contributed by atoms with Crippen molar-refractivity contribution in [1.82, 2.24) is 5.32 Å². The number of ketones is 1. The second-order valence-electron chi connectivity index (χ2n) is 7.88. The van der Waals surface area contributed by atoms with E-state index in [1.54, 1.807) is 42.5 Å². The van der Waals surface area contributed by atoms with Crippen LogP contribution in [0.25, 0.3) is 0 Å². The first kappa shape index (κ1) is 24.5. The number of aryl methyl sites for hydroxylation is 1. The Bertz CT molecular complexity index is 1190. The highest BCUT2D eigenvalue weighted by atomic mass is 35.5. The fraction of sp³-hybridized carbons (Fsp3) is 0.192. The molecule has 0 aliphatic rings. The first-order valence-corrected chi connectivity index (χ1v) is 11.2. The van der Waals surface area contributed by atoms with Crippen LogP contribution in [-0.2, 0) is 6.42 Å². The number of hydrogen-bond donors (Lipinski definition) is 2. The highest BCUT2D eigenvalue weighted by molar-refractivity contribution is 6.40. The number of hydrogen-bond acceptors (Lipinski definition) is 3. The van der Waals surface area contributed by atoms with Gasteiger partial charge in [0, 0.05) is 17.3 Å². The van der Waals surface area contributed by atoms with Gasteiger partial charge in [-0.1, -0.05) is 59.6 Å². The number of carbonyl (C=O) groups excluding carboxylic acids is 3. The summed E-state index contributed by atoms with van der Waals surface area (Å²) in [4.78, 5) is 37.3. The number of halogens is 2. The Morgan fingerprint density at radius 2 is 1.45 bits per heavy atom. The Labute approximate surface area is 203 Å². The molecule has 5 nitrogen and oxygen atoms in total. The van der Waals surface area contributed by atoms with Crippen molar-refractivity contribution in [2.24, 2.45) is 0 Å². The second kappa shape index (κ2) is 10.6. The topological polar surface area (TPSA) is 75.3 Å². The third-order valence-corrected chi connectivity index (χ3v) is 5.83. The molecule has 0 fully saturated rings. The maximum Gasteiger partial charge on any atom is 0.258 e. The molecule has 0 aliphatic carbocycles. The van der Waals surface area contributed by atoms with Crippen molar-refractivity contribution in [1.29, 1.82) is 0 Å². The summed E-state index contributed by atoms with van der Waals surface area (Å²) in [6, 6.07) is 17.3. The summed E-state index contributed by atoms with van der Waals surface area (Å²) in [5, 5.41) is 6.32. The van der Waals surface area contributed by atoms with Crippen LogP contribution in [-0.4, -0.2) is 23.6 Å². The van der Waals surface area contributed by atoms with Gasteiger partial charge in [-0.2, -0.15) is 0 Å². The molecular formula is C26H24Cl2N2O3. The quantitative estimate of drug-likeness (QED) is 0.398. The lowest BCUT2D eigenvalue weighted by molar-refractivity contribution is 0.0926. The number of carbonyl (C=O) groups is 3. The van der Waals surface area contributed by atoms with Gasteiger partial charge >= 0.3 is 0 Å². The minimum atomic E-state index is -0.390. The van der Waals surface area contributed by atoms with Gasteiger partial charge in [0.05, 0.1) is 21.2 Å². The van der Waals surface area contributed by atoms with E-state index in [1.165, 1.54) is 6.92 Å². The van der Waals surface area contributed by atoms with E-state index in [4.69, 9.17) is 23.2 Å². The molecule has 0 radical (unpaired) electrons. The number of anilines is 1. The van der Waals surface area contributed by atoms with E-state index in [0.29, 0.717) is 23.2 Å². The highest BCUT2D eigenvalue weighted by Crippen LogP contribution is 2.25. The molecule has 0 heterocycles. The van der Waals surface area contributed by atoms with E-state index in [2.05, 4.69) is 10.6 Å². The van der Waals surface area contributed by atoms with Crippen molar-refractivity contribution in [3.05, 3.63) is 98.5 Å². The number of amides is 2. The minimum Gasteiger partial charge on any atom is -0.349 e. The summed E-state index contributed by atoms with van der Waals surface area (Å²) in [6.45, 7) is 5.17. The maximum atomic E-state index is 12.8. The fourth-order valence-corrected chi connectivity index (χ4v) is 4.16. The first-order chi connectivity index (χ1) is 15.7. The highest BCUT2D eigenvalue weighted by Gasteiger charge is 2.19. The normalized spacial score (nSPS) is 11.5. The molecule has 0 spiro atoms. The zero-order valence-corrected chi connectivity index (χ0v) is 20.1. The molecule has 3 aromatic carbocycles. The van der Waals surface area contributed by atoms with Crippen molar-refractivity contribution in [2.75, 3.05) is 5.32 Å². The monoisotopic (exact) mass is 482 g/mol. The van der Waals surface area contributed by atoms with Crippen LogP contribution in [0.5, 0.6) is 0 Å². The van der Waals surface area contributed by atoms with Crippen molar-refractivity contribution in [3.63, 3.8) is 0 Å². The molecule has 170 valence electrons. The van der Waals surface area contributed by atoms with E-state index < -0.39 is 5.91 Å². The van der Waals surface area contributed by atoms with Crippen molar-refractivity contribution >= 4 is 46.5 Å². The Morgan fingerprint density at radius 3 is 2.06 bits per heavy atom. The Hall–Kier alpha value is -3.15. The Kier molecular flexibility index (Phi) is 7.90. The standard InChI is InChI=1S/C26H24Cl2N2O3/c1-15-6-4-7-20(17(3)31)23(15)25(32)29-16(2)14-18-10-12-19(13-11-18)30-26(33)24-21(27)8-5-9-22(24)28/h4-13,16H,14H2,1-3H3,(H,29,32)(H,30,33). The molecule has 3 aromatic rings. The van der Waals surface area contributed by atoms with Gasteiger partial charge in [-0.15, -0.1) is 0 Å². The molecule has 33 heavy (non-hydrogen) atoms. The zero-order chi connectivity index (χ0) is 24.1. The molecule has 2 amide bonds. The molecule has 0 bridgehead atoms. The van der Waals surface area contributed by atoms with Gasteiger partial charge < -0.3 is 10.6 Å². The Morgan fingerprint density at radius 1 is 0.848 bits per heavy atom. The lowest BCUT2D eigenvalue weighted by atomic mass is 9.98. The lowest BCUT2D eigenvalue weighted by Crippen LogP contribution is -2.35. The molecule has 7 heteroatoms. The smallest absolute Gasteiger partial charge is 0.258 e. The Balaban J connectivity index is 1.64. The largest absolute Gasteiger partial charge is 0.349 e. The van der Waals surface area contributed by atoms with E-state index >= 15 is 0 Å². The molecule has 2 N–H and O–H groups in total. The molecule has 0 aliphatic heterocycles. The molecule has 0 saturated heterocycles. The SMILES string of the molecule is CC(=O)c1cccc(C)c1C(=O)NC(C)Cc1ccc(NC(=O)c2c(Cl)cccc2Cl)cc1. The number of nitrogens with one attached hydrogen (secondary N) is 2. The van der Waals surface area contributed by atoms with Gasteiger partial charge in [-0.25, -0.2) is 0 Å². The van der Waals surface area contributed by atoms with Gasteiger partial charge in [0.1, 0.15) is 0 Å². The van der Waals surface area contributed by atoms with E-state index in [-0.39, 0.29) is 33.3 Å². The van der Waals surface area contributed by atoms with Gasteiger partial charge in [-0.3, -0.25) is 14.4 Å². The second-order valence-corrected chi connectivity index (χ2v) is 8.69. The maximum absolute atomic E-state index is 12.8. The molecule has 1 unspecified atom stereocenters. The van der Waals surface area contributed by atoms with Crippen LogP contribution in [0.1, 0.15) is 56.0 Å². The van der Waals surface area contributed by atoms with Gasteiger partial charge in [0.15, 0.2) is 5.78 Å². The lowest BCUT2D eigenvalue weighted by Gasteiger charge is -2.17. The average molecular weight is 483 g/mol. The van der Waals surface area contributed by atoms with Crippen molar-refractivity contribution in [3.8, 4) is 0 Å². The van der Waals surface area contributed by atoms with Gasteiger partial charge in [0.25, 0.3) is 11.8 Å². The van der Waals surface area contributed by atoms with E-state index in [9.17, 15) is 14.4 Å². The summed E-state index contributed by atoms with van der Waals surface area (Å²) in [5.74, 6) is -0.808. The van der Waals surface area contributed by atoms with Crippen LogP contribution in [0.4, 0.5) is 5.69 Å². The van der Waals surface area contributed by atoms with Crippen LogP contribution in [0.3, 0.4) is 0 Å². The predicted molar refractivity (Wildman–Crippen MR) is 133 cm³/mol. The van der Waals surface area contributed by atoms with Crippen LogP contribution in [0.15, 0.2) is 60.7 Å². The van der Waals surface area contributed by atoms with Crippen LogP contribution in [0.2, 0.25) is 10.0 Å². The summed E-state index contributed by atoms with van der Waals surface area (Å²) < 4.78 is 0. The number of benzene rings is 3. The molecule has 1 atom stereocenters. The molecular weight excluding hydrogens is 459 g/mol. The van der Waals surface area contributed by atoms with Crippen LogP contribution >= 0.6 is 23.2 Å². The third kappa shape index (κ3) is 6.01. The van der Waals surface area contributed by atoms with Gasteiger partial charge in [0.2, 0.25) is 0 Å². The fourth-order valence-electron chi connectivity index (χ4n) is 3.60. The first-order valence-electron chi connectivity index (χ1n) is 10.4. The van der Waals surface area contributed by atoms with Crippen molar-refractivity contribution in [2.45, 2.75) is 33.2 Å². The van der Waals surface area contributed by atoms with E-state index in [0.717, 1.165) is 11.1 Å². The van der Waals surface area contributed by atoms with Crippen LogP contribution < -0.4 is 10.6 Å². The summed E-state index contributed by atoms with van der Waals surface area (Å²) in [6.07, 6.45) is 0.581. The molecule has 0 saturated carbocycles. The molecule has 0 aromatic heterocycles. The van der Waals surface area contributed by atoms with Gasteiger partial charge in [-0.05, 0) is 62.6 Å². The number of Topliss-reactive ketones (excluding diaryl/α,β-unsaturated/α-hetero) is 1. The minimum absolute atomic E-state index is 0.146. The predicted octanol–water partition coefficient (Wildman–Crippen LogP) is 6.12. The summed E-state index contributed by atoms with van der Waals surface area (Å²) in [5.41, 5.74) is 3.38. The third-order valence-electron chi connectivity index (χ3n) is 5.20. The van der Waals surface area contributed by atoms with E-state index in [1.807, 2.05) is 32.0 Å². The van der Waals surface area contributed by atoms with Crippen molar-refractivity contribution < 1.29 is 14.4 Å². The van der Waals surface area contributed by atoms with Crippen LogP contribution in [0, 0.1) is 6.92 Å². The average Bonchev–Trinajstić information content (AvgIpc) is 2.74. The molecule has 3 rings (SSSR count). The number of rotatable bonds is 7.